The van der Waals surface area contributed by atoms with Gasteiger partial charge in [-0.3, -0.25) is 4.99 Å². The van der Waals surface area contributed by atoms with Gasteiger partial charge in [0.2, 0.25) is 0 Å². The van der Waals surface area contributed by atoms with Crippen molar-refractivity contribution < 1.29 is 0 Å². The number of nitrogens with one attached hydrogen (secondary N) is 1. The van der Waals surface area contributed by atoms with Gasteiger partial charge in [0.25, 0.3) is 0 Å². The molecule has 0 amide bonds. The zero-order valence-electron chi connectivity index (χ0n) is 11.0. The Kier molecular flexibility index (Phi) is 5.53. The van der Waals surface area contributed by atoms with Crippen LogP contribution in [0.1, 0.15) is 32.8 Å². The lowest BCUT2D eigenvalue weighted by Crippen LogP contribution is -2.23. The van der Waals surface area contributed by atoms with Crippen molar-refractivity contribution in [1.82, 2.24) is 0 Å². The van der Waals surface area contributed by atoms with Crippen LogP contribution >= 0.6 is 0 Å². The van der Waals surface area contributed by atoms with Crippen LogP contribution < -0.4 is 11.1 Å². The normalized spacial score (nSPS) is 11.9. The molecule has 0 saturated carbocycles. The predicted octanol–water partition coefficient (Wildman–Crippen LogP) is 3.02. The van der Waals surface area contributed by atoms with E-state index in [0.29, 0.717) is 11.9 Å². The molecule has 1 aromatic carbocycles. The van der Waals surface area contributed by atoms with E-state index in [4.69, 9.17) is 5.73 Å². The molecule has 1 aromatic rings. The number of hydrogen-bond acceptors (Lipinski definition) is 1. The molecule has 0 fully saturated rings. The van der Waals surface area contributed by atoms with Gasteiger partial charge in [0.1, 0.15) is 0 Å². The summed E-state index contributed by atoms with van der Waals surface area (Å²) in [5.41, 5.74) is 8.13. The van der Waals surface area contributed by atoms with Crippen LogP contribution in [0.25, 0.3) is 0 Å². The Morgan fingerprint density at radius 2 is 2.18 bits per heavy atom. The summed E-state index contributed by atoms with van der Waals surface area (Å²) in [5, 5.41) is 3.12. The summed E-state index contributed by atoms with van der Waals surface area (Å²) in [4.78, 5) is 4.30. The predicted molar refractivity (Wildman–Crippen MR) is 75.4 cm³/mol. The summed E-state index contributed by atoms with van der Waals surface area (Å²) < 4.78 is 0. The third kappa shape index (κ3) is 5.38. The Balaban J connectivity index is 2.51. The van der Waals surface area contributed by atoms with Crippen LogP contribution in [-0.2, 0) is 6.42 Å². The maximum absolute atomic E-state index is 5.82. The number of benzene rings is 1. The number of rotatable bonds is 5. The molecule has 0 aliphatic carbocycles. The molecule has 0 spiro atoms. The van der Waals surface area contributed by atoms with Crippen molar-refractivity contribution in [2.75, 3.05) is 11.9 Å². The van der Waals surface area contributed by atoms with E-state index < -0.39 is 0 Å². The highest BCUT2D eigenvalue weighted by molar-refractivity contribution is 5.92. The first-order valence-corrected chi connectivity index (χ1v) is 6.27. The van der Waals surface area contributed by atoms with Crippen molar-refractivity contribution in [2.45, 2.75) is 33.6 Å². The van der Waals surface area contributed by atoms with Gasteiger partial charge in [0.15, 0.2) is 5.96 Å². The first kappa shape index (κ1) is 13.6. The highest BCUT2D eigenvalue weighted by Crippen LogP contribution is 2.10. The monoisotopic (exact) mass is 233 g/mol. The van der Waals surface area contributed by atoms with Crippen molar-refractivity contribution in [3.63, 3.8) is 0 Å². The fourth-order valence-corrected chi connectivity index (χ4v) is 1.50. The largest absolute Gasteiger partial charge is 0.370 e. The summed E-state index contributed by atoms with van der Waals surface area (Å²) in [6.07, 6.45) is 2.09. The smallest absolute Gasteiger partial charge is 0.193 e. The summed E-state index contributed by atoms with van der Waals surface area (Å²) in [7, 11) is 0. The fourth-order valence-electron chi connectivity index (χ4n) is 1.50. The van der Waals surface area contributed by atoms with Crippen molar-refractivity contribution in [1.29, 1.82) is 0 Å². The molecule has 0 heterocycles. The Morgan fingerprint density at radius 1 is 1.41 bits per heavy atom. The highest BCUT2D eigenvalue weighted by Gasteiger charge is 1.97. The first-order chi connectivity index (χ1) is 8.11. The standard InChI is InChI=1S/C14H23N3/c1-4-12-6-5-7-13(10-12)17-14(15)16-9-8-11(2)3/h5-7,10-11H,4,8-9H2,1-3H3,(H3,15,16,17). The molecule has 94 valence electrons. The summed E-state index contributed by atoms with van der Waals surface area (Å²) in [6, 6.07) is 8.24. The van der Waals surface area contributed by atoms with Crippen molar-refractivity contribution >= 4 is 11.6 Å². The minimum absolute atomic E-state index is 0.499. The minimum Gasteiger partial charge on any atom is -0.370 e. The lowest BCUT2D eigenvalue weighted by atomic mass is 10.1. The molecule has 0 atom stereocenters. The van der Waals surface area contributed by atoms with Crippen LogP contribution in [0.4, 0.5) is 5.69 Å². The van der Waals surface area contributed by atoms with E-state index >= 15 is 0 Å². The number of nitrogens with zero attached hydrogens (tertiary/aromatic N) is 1. The van der Waals surface area contributed by atoms with Crippen LogP contribution in [0, 0.1) is 5.92 Å². The quantitative estimate of drug-likeness (QED) is 0.606. The van der Waals surface area contributed by atoms with E-state index in [9.17, 15) is 0 Å². The van der Waals surface area contributed by atoms with Gasteiger partial charge in [-0.05, 0) is 36.5 Å². The maximum atomic E-state index is 5.82. The number of hydrogen-bond donors (Lipinski definition) is 2. The second-order valence-electron chi connectivity index (χ2n) is 4.63. The summed E-state index contributed by atoms with van der Waals surface area (Å²) in [5.74, 6) is 1.16. The SMILES string of the molecule is CCc1cccc(NC(N)=NCCC(C)C)c1. The number of aryl methyl sites for hydroxylation is 1. The summed E-state index contributed by atoms with van der Waals surface area (Å²) >= 11 is 0. The third-order valence-corrected chi connectivity index (χ3v) is 2.60. The fraction of sp³-hybridized carbons (Fsp3) is 0.500. The van der Waals surface area contributed by atoms with Crippen LogP contribution in [0.3, 0.4) is 0 Å². The average molecular weight is 233 g/mol. The Hall–Kier alpha value is -1.51. The first-order valence-electron chi connectivity index (χ1n) is 6.27. The van der Waals surface area contributed by atoms with Gasteiger partial charge in [-0.25, -0.2) is 0 Å². The third-order valence-electron chi connectivity index (χ3n) is 2.60. The number of aliphatic imine (C=N–C) groups is 1. The molecule has 0 bridgehead atoms. The van der Waals surface area contributed by atoms with E-state index in [2.05, 4.69) is 43.2 Å². The number of anilines is 1. The van der Waals surface area contributed by atoms with Crippen LogP contribution in [0.15, 0.2) is 29.3 Å². The van der Waals surface area contributed by atoms with Crippen molar-refractivity contribution in [3.05, 3.63) is 29.8 Å². The molecule has 3 N–H and O–H groups in total. The van der Waals surface area contributed by atoms with E-state index in [0.717, 1.165) is 25.1 Å². The number of guanidine groups is 1. The Labute approximate surface area is 104 Å². The van der Waals surface area contributed by atoms with Crippen LogP contribution in [0.2, 0.25) is 0 Å². The maximum Gasteiger partial charge on any atom is 0.193 e. The Morgan fingerprint density at radius 3 is 2.82 bits per heavy atom. The minimum atomic E-state index is 0.499. The molecule has 0 radical (unpaired) electrons. The molecule has 17 heavy (non-hydrogen) atoms. The van der Waals surface area contributed by atoms with Gasteiger partial charge in [-0.15, -0.1) is 0 Å². The molecular weight excluding hydrogens is 210 g/mol. The van der Waals surface area contributed by atoms with Crippen LogP contribution in [-0.4, -0.2) is 12.5 Å². The summed E-state index contributed by atoms with van der Waals surface area (Å²) in [6.45, 7) is 7.29. The second-order valence-corrected chi connectivity index (χ2v) is 4.63. The second kappa shape index (κ2) is 6.94. The highest BCUT2D eigenvalue weighted by atomic mass is 15.1. The van der Waals surface area contributed by atoms with E-state index in [1.54, 1.807) is 0 Å². The molecule has 3 heteroatoms. The van der Waals surface area contributed by atoms with Gasteiger partial charge < -0.3 is 11.1 Å². The van der Waals surface area contributed by atoms with Crippen LogP contribution in [0.5, 0.6) is 0 Å². The molecule has 0 saturated heterocycles. The van der Waals surface area contributed by atoms with Gasteiger partial charge in [0.05, 0.1) is 0 Å². The van der Waals surface area contributed by atoms with Gasteiger partial charge in [-0.2, -0.15) is 0 Å². The molecule has 0 aliphatic heterocycles. The van der Waals surface area contributed by atoms with Crippen molar-refractivity contribution in [3.8, 4) is 0 Å². The molecule has 3 nitrogen and oxygen atoms in total. The number of nitrogens with two attached hydrogens (primary N) is 1. The van der Waals surface area contributed by atoms with E-state index in [1.165, 1.54) is 5.56 Å². The molecular formula is C14H23N3. The van der Waals surface area contributed by atoms with Gasteiger partial charge >= 0.3 is 0 Å². The van der Waals surface area contributed by atoms with Gasteiger partial charge in [0, 0.05) is 12.2 Å². The molecule has 0 aliphatic rings. The lowest BCUT2D eigenvalue weighted by molar-refractivity contribution is 0.597. The zero-order valence-corrected chi connectivity index (χ0v) is 11.0. The van der Waals surface area contributed by atoms with Crippen molar-refractivity contribution in [2.24, 2.45) is 16.6 Å². The molecule has 0 unspecified atom stereocenters. The van der Waals surface area contributed by atoms with Gasteiger partial charge in [-0.1, -0.05) is 32.9 Å². The topological polar surface area (TPSA) is 50.4 Å². The van der Waals surface area contributed by atoms with E-state index in [-0.39, 0.29) is 0 Å². The molecule has 0 aromatic heterocycles. The lowest BCUT2D eigenvalue weighted by Gasteiger charge is -2.07. The average Bonchev–Trinajstić information content (AvgIpc) is 2.28. The molecule has 1 rings (SSSR count). The van der Waals surface area contributed by atoms with E-state index in [1.807, 2.05) is 12.1 Å². The zero-order chi connectivity index (χ0) is 12.7. The Bertz CT molecular complexity index is 369.